The average Bonchev–Trinajstić information content (AvgIpc) is 2.42. The molecule has 0 bridgehead atoms. The van der Waals surface area contributed by atoms with E-state index in [9.17, 15) is 4.79 Å². The third-order valence-corrected chi connectivity index (χ3v) is 3.87. The highest BCUT2D eigenvalue weighted by molar-refractivity contribution is 6.37. The molecule has 0 aliphatic heterocycles. The number of halogens is 2. The van der Waals surface area contributed by atoms with E-state index in [1.54, 1.807) is 6.07 Å². The van der Waals surface area contributed by atoms with Crippen LogP contribution in [0.15, 0.2) is 12.1 Å². The van der Waals surface area contributed by atoms with Gasteiger partial charge in [0.05, 0.1) is 22.5 Å². The predicted octanol–water partition coefficient (Wildman–Crippen LogP) is 3.86. The van der Waals surface area contributed by atoms with E-state index in [-0.39, 0.29) is 18.6 Å². The van der Waals surface area contributed by atoms with Crippen LogP contribution < -0.4 is 11.1 Å². The molecule has 110 valence electrons. The molecule has 1 aromatic rings. The molecule has 1 amide bonds. The number of carbonyl (C=O) groups excluding carboxylic acids is 1. The standard InChI is InChI=1S/C14H18Cl2N2O2/c15-9-6-11(16)14(12(17)7-9)18-13(19)8-20-10-4-2-1-3-5-10/h6-7,10H,1-5,8,17H2,(H,18,19). The molecular weight excluding hydrogens is 299 g/mol. The van der Waals surface area contributed by atoms with E-state index in [4.69, 9.17) is 33.7 Å². The Morgan fingerprint density at radius 3 is 2.65 bits per heavy atom. The fraction of sp³-hybridized carbons (Fsp3) is 0.500. The van der Waals surface area contributed by atoms with E-state index in [1.165, 1.54) is 25.3 Å². The van der Waals surface area contributed by atoms with Crippen LogP contribution in [0, 0.1) is 0 Å². The molecule has 3 N–H and O–H groups in total. The number of ether oxygens (including phenoxy) is 1. The third-order valence-electron chi connectivity index (χ3n) is 3.35. The molecule has 1 aliphatic rings. The van der Waals surface area contributed by atoms with Gasteiger partial charge in [-0.15, -0.1) is 0 Å². The normalized spacial score (nSPS) is 16.1. The Bertz CT molecular complexity index is 465. The Hall–Kier alpha value is -0.970. The number of carbonyl (C=O) groups is 1. The molecule has 4 nitrogen and oxygen atoms in total. The van der Waals surface area contributed by atoms with Gasteiger partial charge in [0.2, 0.25) is 5.91 Å². The van der Waals surface area contributed by atoms with Gasteiger partial charge in [0.15, 0.2) is 0 Å². The summed E-state index contributed by atoms with van der Waals surface area (Å²) < 4.78 is 5.60. The van der Waals surface area contributed by atoms with Crippen molar-refractivity contribution in [1.82, 2.24) is 0 Å². The van der Waals surface area contributed by atoms with Crippen LogP contribution >= 0.6 is 23.2 Å². The lowest BCUT2D eigenvalue weighted by Gasteiger charge is -2.21. The summed E-state index contributed by atoms with van der Waals surface area (Å²) in [6, 6.07) is 3.09. The summed E-state index contributed by atoms with van der Waals surface area (Å²) in [7, 11) is 0. The van der Waals surface area contributed by atoms with Crippen LogP contribution in [-0.2, 0) is 9.53 Å². The van der Waals surface area contributed by atoms with E-state index < -0.39 is 0 Å². The number of nitrogen functional groups attached to an aromatic ring is 1. The summed E-state index contributed by atoms with van der Waals surface area (Å²) in [5, 5.41) is 3.42. The number of benzene rings is 1. The summed E-state index contributed by atoms with van der Waals surface area (Å²) in [6.45, 7) is 0.0169. The second-order valence-electron chi connectivity index (χ2n) is 4.97. The van der Waals surface area contributed by atoms with E-state index in [0.717, 1.165) is 12.8 Å². The number of hydrogen-bond acceptors (Lipinski definition) is 3. The van der Waals surface area contributed by atoms with Gasteiger partial charge >= 0.3 is 0 Å². The zero-order valence-electron chi connectivity index (χ0n) is 11.1. The molecule has 1 aliphatic carbocycles. The van der Waals surface area contributed by atoms with Crippen molar-refractivity contribution in [3.63, 3.8) is 0 Å². The Balaban J connectivity index is 1.88. The highest BCUT2D eigenvalue weighted by atomic mass is 35.5. The fourth-order valence-electron chi connectivity index (χ4n) is 2.33. The lowest BCUT2D eigenvalue weighted by Crippen LogP contribution is -2.25. The molecule has 0 unspecified atom stereocenters. The second kappa shape index (κ2) is 7.16. The van der Waals surface area contributed by atoms with Crippen LogP contribution in [0.2, 0.25) is 10.0 Å². The van der Waals surface area contributed by atoms with Gasteiger partial charge in [-0.05, 0) is 25.0 Å². The number of rotatable bonds is 4. The molecule has 0 saturated heterocycles. The largest absolute Gasteiger partial charge is 0.397 e. The summed E-state index contributed by atoms with van der Waals surface area (Å²) in [6.07, 6.45) is 5.83. The quantitative estimate of drug-likeness (QED) is 0.829. The van der Waals surface area contributed by atoms with Gasteiger partial charge in [-0.25, -0.2) is 0 Å². The van der Waals surface area contributed by atoms with Crippen LogP contribution in [0.3, 0.4) is 0 Å². The molecule has 20 heavy (non-hydrogen) atoms. The van der Waals surface area contributed by atoms with Gasteiger partial charge < -0.3 is 15.8 Å². The monoisotopic (exact) mass is 316 g/mol. The molecule has 6 heteroatoms. The third kappa shape index (κ3) is 4.27. The summed E-state index contributed by atoms with van der Waals surface area (Å²) >= 11 is 11.8. The summed E-state index contributed by atoms with van der Waals surface area (Å²) in [5.41, 5.74) is 6.51. The molecule has 0 atom stereocenters. The van der Waals surface area contributed by atoms with Crippen molar-refractivity contribution in [2.75, 3.05) is 17.7 Å². The highest BCUT2D eigenvalue weighted by Gasteiger charge is 2.16. The molecule has 0 radical (unpaired) electrons. The van der Waals surface area contributed by atoms with Crippen molar-refractivity contribution < 1.29 is 9.53 Å². The van der Waals surface area contributed by atoms with Gasteiger partial charge in [0, 0.05) is 5.02 Å². The number of hydrogen-bond donors (Lipinski definition) is 2. The van der Waals surface area contributed by atoms with Crippen molar-refractivity contribution in [3.05, 3.63) is 22.2 Å². The van der Waals surface area contributed by atoms with Crippen LogP contribution in [0.1, 0.15) is 32.1 Å². The maximum Gasteiger partial charge on any atom is 0.250 e. The van der Waals surface area contributed by atoms with E-state index in [2.05, 4.69) is 5.32 Å². The molecule has 0 spiro atoms. The minimum atomic E-state index is -0.258. The number of amides is 1. The smallest absolute Gasteiger partial charge is 0.250 e. The number of anilines is 2. The first kappa shape index (κ1) is 15.4. The second-order valence-corrected chi connectivity index (χ2v) is 5.81. The maximum absolute atomic E-state index is 11.9. The molecular formula is C14H18Cl2N2O2. The zero-order chi connectivity index (χ0) is 14.5. The van der Waals surface area contributed by atoms with Gasteiger partial charge in [0.25, 0.3) is 0 Å². The maximum atomic E-state index is 11.9. The van der Waals surface area contributed by atoms with Crippen LogP contribution in [0.4, 0.5) is 11.4 Å². The molecule has 0 aromatic heterocycles. The lowest BCUT2D eigenvalue weighted by atomic mass is 9.98. The van der Waals surface area contributed by atoms with Crippen LogP contribution in [0.5, 0.6) is 0 Å². The first-order chi connectivity index (χ1) is 9.56. The van der Waals surface area contributed by atoms with Crippen molar-refractivity contribution in [2.24, 2.45) is 0 Å². The molecule has 0 heterocycles. The SMILES string of the molecule is Nc1cc(Cl)cc(Cl)c1NC(=O)COC1CCCCC1. The lowest BCUT2D eigenvalue weighted by molar-refractivity contribution is -0.123. The minimum absolute atomic E-state index is 0.0169. The van der Waals surface area contributed by atoms with Crippen molar-refractivity contribution >= 4 is 40.5 Å². The van der Waals surface area contributed by atoms with Crippen molar-refractivity contribution in [1.29, 1.82) is 0 Å². The van der Waals surface area contributed by atoms with Crippen molar-refractivity contribution in [3.8, 4) is 0 Å². The Kier molecular flexibility index (Phi) is 5.52. The number of nitrogens with one attached hydrogen (secondary N) is 1. The average molecular weight is 317 g/mol. The van der Waals surface area contributed by atoms with Crippen molar-refractivity contribution in [2.45, 2.75) is 38.2 Å². The topological polar surface area (TPSA) is 64.3 Å². The molecule has 1 fully saturated rings. The van der Waals surface area contributed by atoms with Gasteiger partial charge in [-0.1, -0.05) is 42.5 Å². The van der Waals surface area contributed by atoms with Crippen LogP contribution in [0.25, 0.3) is 0 Å². The van der Waals surface area contributed by atoms with E-state index in [0.29, 0.717) is 21.4 Å². The van der Waals surface area contributed by atoms with Gasteiger partial charge in [-0.3, -0.25) is 4.79 Å². The summed E-state index contributed by atoms with van der Waals surface area (Å²) in [5.74, 6) is -0.258. The van der Waals surface area contributed by atoms with Gasteiger partial charge in [0.1, 0.15) is 6.61 Å². The Morgan fingerprint density at radius 2 is 2.00 bits per heavy atom. The first-order valence-corrected chi connectivity index (χ1v) is 7.48. The molecule has 1 saturated carbocycles. The Morgan fingerprint density at radius 1 is 1.30 bits per heavy atom. The number of nitrogens with two attached hydrogens (primary N) is 1. The minimum Gasteiger partial charge on any atom is -0.397 e. The Labute approximate surface area is 128 Å². The van der Waals surface area contributed by atoms with E-state index in [1.807, 2.05) is 0 Å². The highest BCUT2D eigenvalue weighted by Crippen LogP contribution is 2.32. The fourth-order valence-corrected chi connectivity index (χ4v) is 2.88. The predicted molar refractivity (Wildman–Crippen MR) is 82.3 cm³/mol. The van der Waals surface area contributed by atoms with E-state index >= 15 is 0 Å². The van der Waals surface area contributed by atoms with Crippen LogP contribution in [-0.4, -0.2) is 18.6 Å². The molecule has 2 rings (SSSR count). The first-order valence-electron chi connectivity index (χ1n) is 6.72. The molecule has 1 aromatic carbocycles. The zero-order valence-corrected chi connectivity index (χ0v) is 12.6. The van der Waals surface area contributed by atoms with Gasteiger partial charge in [-0.2, -0.15) is 0 Å². The summed E-state index contributed by atoms with van der Waals surface area (Å²) in [4.78, 5) is 11.9.